The molecule has 1 aromatic carbocycles. The molecule has 0 fully saturated rings. The summed E-state index contributed by atoms with van der Waals surface area (Å²) < 4.78 is 40.4. The average Bonchev–Trinajstić information content (AvgIpc) is 2.20. The molecule has 0 radical (unpaired) electrons. The van der Waals surface area contributed by atoms with Crippen LogP contribution in [0, 0.1) is 18.7 Å². The summed E-state index contributed by atoms with van der Waals surface area (Å²) in [4.78, 5) is -0.397. The fourth-order valence-corrected chi connectivity index (χ4v) is 3.31. The van der Waals surface area contributed by atoms with E-state index in [4.69, 9.17) is 5.73 Å². The maximum atomic E-state index is 13.8. The van der Waals surface area contributed by atoms with Gasteiger partial charge in [-0.25, -0.2) is 17.5 Å². The molecule has 0 aliphatic heterocycles. The summed E-state index contributed by atoms with van der Waals surface area (Å²) in [5.74, 6) is -0.429. The largest absolute Gasteiger partial charge is 0.398 e. The third-order valence-corrected chi connectivity index (χ3v) is 4.40. The quantitative estimate of drug-likeness (QED) is 0.817. The summed E-state index contributed by atoms with van der Waals surface area (Å²) >= 11 is 0. The second kappa shape index (κ2) is 5.88. The van der Waals surface area contributed by atoms with Crippen molar-refractivity contribution in [1.82, 2.24) is 4.72 Å². The molecule has 1 unspecified atom stereocenters. The van der Waals surface area contributed by atoms with Gasteiger partial charge in [0.25, 0.3) is 0 Å². The van der Waals surface area contributed by atoms with Crippen LogP contribution in [0.1, 0.15) is 32.8 Å². The summed E-state index contributed by atoms with van der Waals surface area (Å²) in [6.45, 7) is 7.38. The van der Waals surface area contributed by atoms with Gasteiger partial charge in [-0.15, -0.1) is 0 Å². The Morgan fingerprint density at radius 3 is 2.42 bits per heavy atom. The molecule has 3 N–H and O–H groups in total. The van der Waals surface area contributed by atoms with Gasteiger partial charge in [0.15, 0.2) is 0 Å². The zero-order valence-electron chi connectivity index (χ0n) is 11.7. The van der Waals surface area contributed by atoms with Crippen LogP contribution >= 0.6 is 0 Å². The highest BCUT2D eigenvalue weighted by atomic mass is 32.2. The minimum atomic E-state index is -3.88. The van der Waals surface area contributed by atoms with Crippen molar-refractivity contribution < 1.29 is 12.8 Å². The average molecular weight is 288 g/mol. The minimum Gasteiger partial charge on any atom is -0.398 e. The van der Waals surface area contributed by atoms with E-state index in [1.165, 1.54) is 0 Å². The maximum Gasteiger partial charge on any atom is 0.243 e. The number of sulfonamides is 1. The lowest BCUT2D eigenvalue weighted by molar-refractivity contribution is 0.480. The van der Waals surface area contributed by atoms with Crippen molar-refractivity contribution in [3.63, 3.8) is 0 Å². The van der Waals surface area contributed by atoms with Gasteiger partial charge in [0.2, 0.25) is 10.0 Å². The van der Waals surface area contributed by atoms with Gasteiger partial charge in [-0.1, -0.05) is 13.8 Å². The van der Waals surface area contributed by atoms with E-state index in [0.29, 0.717) is 17.9 Å². The standard InChI is InChI=1S/C13H21FN2O2S/c1-8(2)5-10(4)16-19(17,18)13-7-12(15)9(3)6-11(13)14/h6-8,10,16H,5,15H2,1-4H3. The van der Waals surface area contributed by atoms with Crippen molar-refractivity contribution in [2.75, 3.05) is 5.73 Å². The van der Waals surface area contributed by atoms with Gasteiger partial charge in [-0.2, -0.15) is 0 Å². The number of benzene rings is 1. The van der Waals surface area contributed by atoms with Gasteiger partial charge in [-0.3, -0.25) is 0 Å². The van der Waals surface area contributed by atoms with Gasteiger partial charge < -0.3 is 5.73 Å². The van der Waals surface area contributed by atoms with Crippen LogP contribution in [-0.4, -0.2) is 14.5 Å². The zero-order chi connectivity index (χ0) is 14.8. The van der Waals surface area contributed by atoms with Crippen molar-refractivity contribution in [1.29, 1.82) is 0 Å². The Morgan fingerprint density at radius 1 is 1.32 bits per heavy atom. The number of anilines is 1. The summed E-state index contributed by atoms with van der Waals surface area (Å²) in [5, 5.41) is 0. The van der Waals surface area contributed by atoms with Crippen LogP contribution in [0.4, 0.5) is 10.1 Å². The molecule has 19 heavy (non-hydrogen) atoms. The fourth-order valence-electron chi connectivity index (χ4n) is 1.96. The number of hydrogen-bond donors (Lipinski definition) is 2. The van der Waals surface area contributed by atoms with Crippen LogP contribution in [0.15, 0.2) is 17.0 Å². The molecule has 0 spiro atoms. The number of rotatable bonds is 5. The summed E-state index contributed by atoms with van der Waals surface area (Å²) in [7, 11) is -3.88. The van der Waals surface area contributed by atoms with E-state index in [1.807, 2.05) is 13.8 Å². The van der Waals surface area contributed by atoms with Gasteiger partial charge in [-0.05, 0) is 43.9 Å². The molecular formula is C13H21FN2O2S. The first-order chi connectivity index (χ1) is 8.63. The number of nitrogens with two attached hydrogens (primary N) is 1. The molecule has 0 aliphatic carbocycles. The zero-order valence-corrected chi connectivity index (χ0v) is 12.5. The lowest BCUT2D eigenvalue weighted by Gasteiger charge is -2.17. The van der Waals surface area contributed by atoms with E-state index in [0.717, 1.165) is 12.1 Å². The van der Waals surface area contributed by atoms with Crippen LogP contribution in [0.3, 0.4) is 0 Å². The molecule has 0 aromatic heterocycles. The maximum absolute atomic E-state index is 13.8. The van der Waals surface area contributed by atoms with Crippen LogP contribution < -0.4 is 10.5 Å². The lowest BCUT2D eigenvalue weighted by Crippen LogP contribution is -2.34. The molecule has 0 bridgehead atoms. The van der Waals surface area contributed by atoms with Crippen LogP contribution in [0.5, 0.6) is 0 Å². The van der Waals surface area contributed by atoms with E-state index < -0.39 is 20.7 Å². The second-order valence-corrected chi connectivity index (χ2v) is 6.97. The van der Waals surface area contributed by atoms with Gasteiger partial charge in [0.05, 0.1) is 0 Å². The first-order valence-electron chi connectivity index (χ1n) is 6.21. The normalized spacial score (nSPS) is 13.8. The Labute approximate surface area is 114 Å². The Balaban J connectivity index is 3.04. The van der Waals surface area contributed by atoms with E-state index >= 15 is 0 Å². The monoisotopic (exact) mass is 288 g/mol. The van der Waals surface area contributed by atoms with Gasteiger partial charge >= 0.3 is 0 Å². The molecular weight excluding hydrogens is 267 g/mol. The molecule has 1 aromatic rings. The van der Waals surface area contributed by atoms with Crippen LogP contribution in [-0.2, 0) is 10.0 Å². The number of nitrogen functional groups attached to an aromatic ring is 1. The Morgan fingerprint density at radius 2 is 1.89 bits per heavy atom. The second-order valence-electron chi connectivity index (χ2n) is 5.29. The SMILES string of the molecule is Cc1cc(F)c(S(=O)(=O)NC(C)CC(C)C)cc1N. The van der Waals surface area contributed by atoms with Crippen LogP contribution in [0.2, 0.25) is 0 Å². The number of aryl methyl sites for hydroxylation is 1. The molecule has 108 valence electrons. The van der Waals surface area contributed by atoms with Crippen molar-refractivity contribution in [2.45, 2.75) is 45.1 Å². The highest BCUT2D eigenvalue weighted by Crippen LogP contribution is 2.22. The van der Waals surface area contributed by atoms with Gasteiger partial charge in [0, 0.05) is 11.7 Å². The predicted molar refractivity (Wildman–Crippen MR) is 74.8 cm³/mol. The van der Waals surface area contributed by atoms with Crippen LogP contribution in [0.25, 0.3) is 0 Å². The van der Waals surface area contributed by atoms with Gasteiger partial charge in [0.1, 0.15) is 10.7 Å². The highest BCUT2D eigenvalue weighted by molar-refractivity contribution is 7.89. The fraction of sp³-hybridized carbons (Fsp3) is 0.538. The summed E-state index contributed by atoms with van der Waals surface area (Å²) in [5.41, 5.74) is 6.42. The Hall–Kier alpha value is -1.14. The number of hydrogen-bond acceptors (Lipinski definition) is 3. The first-order valence-corrected chi connectivity index (χ1v) is 7.69. The van der Waals surface area contributed by atoms with E-state index in [-0.39, 0.29) is 11.7 Å². The van der Waals surface area contributed by atoms with Crippen molar-refractivity contribution in [3.8, 4) is 0 Å². The van der Waals surface area contributed by atoms with Crippen molar-refractivity contribution in [2.24, 2.45) is 5.92 Å². The molecule has 4 nitrogen and oxygen atoms in total. The Kier molecular flexibility index (Phi) is 4.92. The van der Waals surface area contributed by atoms with E-state index in [2.05, 4.69) is 4.72 Å². The lowest BCUT2D eigenvalue weighted by atomic mass is 10.1. The van der Waals surface area contributed by atoms with Crippen molar-refractivity contribution >= 4 is 15.7 Å². The third-order valence-electron chi connectivity index (χ3n) is 2.79. The third kappa shape index (κ3) is 4.18. The van der Waals surface area contributed by atoms with Crippen molar-refractivity contribution in [3.05, 3.63) is 23.5 Å². The highest BCUT2D eigenvalue weighted by Gasteiger charge is 2.22. The predicted octanol–water partition coefficient (Wildman–Crippen LogP) is 2.43. The first kappa shape index (κ1) is 15.9. The molecule has 1 rings (SSSR count). The Bertz CT molecular complexity index is 556. The minimum absolute atomic E-state index is 0.257. The molecule has 6 heteroatoms. The summed E-state index contributed by atoms with van der Waals surface area (Å²) in [6.07, 6.45) is 0.683. The van der Waals surface area contributed by atoms with E-state index in [1.54, 1.807) is 13.8 Å². The molecule has 0 saturated heterocycles. The van der Waals surface area contributed by atoms with E-state index in [9.17, 15) is 12.8 Å². The smallest absolute Gasteiger partial charge is 0.243 e. The molecule has 1 atom stereocenters. The molecule has 0 saturated carbocycles. The summed E-state index contributed by atoms with van der Waals surface area (Å²) in [6, 6.07) is 2.04. The molecule has 0 aliphatic rings. The number of halogens is 1. The molecule has 0 amide bonds. The number of nitrogens with one attached hydrogen (secondary N) is 1. The molecule has 0 heterocycles. The topological polar surface area (TPSA) is 72.2 Å².